The number of nitrogens with zero attached hydrogens (tertiary/aromatic N) is 1. The zero-order chi connectivity index (χ0) is 20.9. The molecule has 0 saturated heterocycles. The second kappa shape index (κ2) is 8.89. The molecule has 0 unspecified atom stereocenters. The smallest absolute Gasteiger partial charge is 0.251 e. The molecule has 0 atom stereocenters. The van der Waals surface area contributed by atoms with Crippen LogP contribution in [0.2, 0.25) is 0 Å². The van der Waals surface area contributed by atoms with E-state index in [9.17, 15) is 13.2 Å². The molecular weight excluding hydrogens is 388 g/mol. The Bertz CT molecular complexity index is 1100. The van der Waals surface area contributed by atoms with Crippen LogP contribution in [-0.4, -0.2) is 32.7 Å². The van der Waals surface area contributed by atoms with Crippen LogP contribution >= 0.6 is 0 Å². The molecule has 0 aromatic heterocycles. The van der Waals surface area contributed by atoms with E-state index in [1.165, 1.54) is 26.2 Å². The number of rotatable bonds is 7. The summed E-state index contributed by atoms with van der Waals surface area (Å²) in [5.41, 5.74) is 1.08. The number of amides is 1. The van der Waals surface area contributed by atoms with Gasteiger partial charge in [-0.05, 0) is 36.4 Å². The van der Waals surface area contributed by atoms with Crippen molar-refractivity contribution in [3.63, 3.8) is 0 Å². The minimum atomic E-state index is -3.61. The number of hydrogen-bond donors (Lipinski definition) is 1. The molecule has 6 nitrogen and oxygen atoms in total. The SMILES string of the molecule is CN(C)S(=O)(=O)c1cccc(C(=O)NCc2ccccc2Oc2ccccc2)c1. The van der Waals surface area contributed by atoms with Crippen molar-refractivity contribution in [1.82, 2.24) is 9.62 Å². The van der Waals surface area contributed by atoms with Gasteiger partial charge in [-0.15, -0.1) is 0 Å². The molecule has 1 N–H and O–H groups in total. The molecule has 0 bridgehead atoms. The monoisotopic (exact) mass is 410 g/mol. The van der Waals surface area contributed by atoms with Gasteiger partial charge in [0.15, 0.2) is 0 Å². The van der Waals surface area contributed by atoms with E-state index in [2.05, 4.69) is 5.32 Å². The van der Waals surface area contributed by atoms with Crippen molar-refractivity contribution in [3.8, 4) is 11.5 Å². The Morgan fingerprint density at radius 1 is 0.931 bits per heavy atom. The lowest BCUT2D eigenvalue weighted by Crippen LogP contribution is -2.25. The van der Waals surface area contributed by atoms with Gasteiger partial charge in [0, 0.05) is 31.8 Å². The molecule has 0 aliphatic rings. The van der Waals surface area contributed by atoms with E-state index in [0.29, 0.717) is 11.5 Å². The van der Waals surface area contributed by atoms with Crippen LogP contribution in [-0.2, 0) is 16.6 Å². The summed E-state index contributed by atoms with van der Waals surface area (Å²) < 4.78 is 31.6. The number of benzene rings is 3. The first-order valence-corrected chi connectivity index (χ1v) is 10.4. The van der Waals surface area contributed by atoms with Gasteiger partial charge >= 0.3 is 0 Å². The van der Waals surface area contributed by atoms with E-state index in [4.69, 9.17) is 4.74 Å². The second-order valence-corrected chi connectivity index (χ2v) is 8.67. The molecule has 0 heterocycles. The van der Waals surface area contributed by atoms with Crippen molar-refractivity contribution < 1.29 is 17.9 Å². The molecule has 0 fully saturated rings. The Labute approximate surface area is 170 Å². The molecular formula is C22H22N2O4S. The van der Waals surface area contributed by atoms with Crippen molar-refractivity contribution in [1.29, 1.82) is 0 Å². The highest BCUT2D eigenvalue weighted by molar-refractivity contribution is 7.89. The minimum absolute atomic E-state index is 0.0722. The Morgan fingerprint density at radius 3 is 2.34 bits per heavy atom. The average molecular weight is 410 g/mol. The third kappa shape index (κ3) is 5.01. The van der Waals surface area contributed by atoms with E-state index >= 15 is 0 Å². The summed E-state index contributed by atoms with van der Waals surface area (Å²) in [7, 11) is -0.708. The third-order valence-corrected chi connectivity index (χ3v) is 6.07. The fourth-order valence-corrected chi connectivity index (χ4v) is 3.60. The summed E-state index contributed by atoms with van der Waals surface area (Å²) in [4.78, 5) is 12.6. The van der Waals surface area contributed by atoms with Gasteiger partial charge in [-0.1, -0.05) is 42.5 Å². The predicted octanol–water partition coefficient (Wildman–Crippen LogP) is 3.66. The zero-order valence-electron chi connectivity index (χ0n) is 16.2. The van der Waals surface area contributed by atoms with Crippen LogP contribution in [0.4, 0.5) is 0 Å². The predicted molar refractivity (Wildman–Crippen MR) is 111 cm³/mol. The van der Waals surface area contributed by atoms with E-state index < -0.39 is 10.0 Å². The fraction of sp³-hybridized carbons (Fsp3) is 0.136. The zero-order valence-corrected chi connectivity index (χ0v) is 17.0. The van der Waals surface area contributed by atoms with Gasteiger partial charge in [-0.2, -0.15) is 0 Å². The number of para-hydroxylation sites is 2. The van der Waals surface area contributed by atoms with Crippen molar-refractivity contribution >= 4 is 15.9 Å². The van der Waals surface area contributed by atoms with Crippen LogP contribution < -0.4 is 10.1 Å². The lowest BCUT2D eigenvalue weighted by Gasteiger charge is -2.13. The Kier molecular flexibility index (Phi) is 6.31. The van der Waals surface area contributed by atoms with E-state index in [1.807, 2.05) is 54.6 Å². The van der Waals surface area contributed by atoms with Gasteiger partial charge in [0.2, 0.25) is 10.0 Å². The highest BCUT2D eigenvalue weighted by Gasteiger charge is 2.18. The molecule has 0 aliphatic carbocycles. The van der Waals surface area contributed by atoms with Crippen molar-refractivity contribution in [2.75, 3.05) is 14.1 Å². The lowest BCUT2D eigenvalue weighted by molar-refractivity contribution is 0.0950. The largest absolute Gasteiger partial charge is 0.457 e. The number of hydrogen-bond acceptors (Lipinski definition) is 4. The molecule has 0 spiro atoms. The van der Waals surface area contributed by atoms with Gasteiger partial charge in [-0.3, -0.25) is 4.79 Å². The summed E-state index contributed by atoms with van der Waals surface area (Å²) in [6, 6.07) is 22.8. The van der Waals surface area contributed by atoms with Crippen LogP contribution in [0, 0.1) is 0 Å². The molecule has 150 valence electrons. The van der Waals surface area contributed by atoms with Crippen molar-refractivity contribution in [3.05, 3.63) is 90.0 Å². The summed E-state index contributed by atoms with van der Waals surface area (Å²) in [6.45, 7) is 0.243. The van der Waals surface area contributed by atoms with Crippen LogP contribution in [0.25, 0.3) is 0 Å². The number of nitrogens with one attached hydrogen (secondary N) is 1. The van der Waals surface area contributed by atoms with E-state index in [0.717, 1.165) is 9.87 Å². The summed E-state index contributed by atoms with van der Waals surface area (Å²) in [5, 5.41) is 2.82. The molecule has 3 aromatic rings. The Hall–Kier alpha value is -3.16. The third-order valence-electron chi connectivity index (χ3n) is 4.26. The quantitative estimate of drug-likeness (QED) is 0.645. The first-order chi connectivity index (χ1) is 13.9. The molecule has 0 saturated carbocycles. The Morgan fingerprint density at radius 2 is 1.62 bits per heavy atom. The molecule has 1 amide bonds. The molecule has 3 rings (SSSR count). The van der Waals surface area contributed by atoms with Crippen molar-refractivity contribution in [2.24, 2.45) is 0 Å². The van der Waals surface area contributed by atoms with Gasteiger partial charge < -0.3 is 10.1 Å². The summed E-state index contributed by atoms with van der Waals surface area (Å²) in [6.07, 6.45) is 0. The normalized spacial score (nSPS) is 11.3. The summed E-state index contributed by atoms with van der Waals surface area (Å²) >= 11 is 0. The molecule has 0 aliphatic heterocycles. The maximum Gasteiger partial charge on any atom is 0.251 e. The van der Waals surface area contributed by atoms with Gasteiger partial charge in [-0.25, -0.2) is 12.7 Å². The van der Waals surface area contributed by atoms with Gasteiger partial charge in [0.1, 0.15) is 11.5 Å². The number of carbonyl (C=O) groups excluding carboxylic acids is 1. The highest BCUT2D eigenvalue weighted by Crippen LogP contribution is 2.25. The maximum atomic E-state index is 12.6. The lowest BCUT2D eigenvalue weighted by atomic mass is 10.1. The fourth-order valence-electron chi connectivity index (χ4n) is 2.65. The minimum Gasteiger partial charge on any atom is -0.457 e. The molecule has 0 radical (unpaired) electrons. The van der Waals surface area contributed by atoms with Crippen LogP contribution in [0.1, 0.15) is 15.9 Å². The highest BCUT2D eigenvalue weighted by atomic mass is 32.2. The first-order valence-electron chi connectivity index (χ1n) is 8.99. The molecule has 3 aromatic carbocycles. The molecule has 7 heteroatoms. The summed E-state index contributed by atoms with van der Waals surface area (Å²) in [5.74, 6) is 0.978. The standard InChI is InChI=1S/C22H22N2O4S/c1-24(2)29(26,27)20-13-8-10-17(15-20)22(25)23-16-18-9-6-7-14-21(18)28-19-11-4-3-5-12-19/h3-15H,16H2,1-2H3,(H,23,25). The number of carbonyl (C=O) groups is 1. The Balaban J connectivity index is 1.74. The second-order valence-electron chi connectivity index (χ2n) is 6.52. The van der Waals surface area contributed by atoms with Crippen LogP contribution in [0.3, 0.4) is 0 Å². The van der Waals surface area contributed by atoms with E-state index in [1.54, 1.807) is 12.1 Å². The van der Waals surface area contributed by atoms with Crippen LogP contribution in [0.5, 0.6) is 11.5 Å². The van der Waals surface area contributed by atoms with Gasteiger partial charge in [0.25, 0.3) is 5.91 Å². The van der Waals surface area contributed by atoms with E-state index in [-0.39, 0.29) is 22.9 Å². The number of ether oxygens (including phenoxy) is 1. The first kappa shape index (κ1) is 20.6. The van der Waals surface area contributed by atoms with Crippen molar-refractivity contribution in [2.45, 2.75) is 11.4 Å². The molecule has 29 heavy (non-hydrogen) atoms. The van der Waals surface area contributed by atoms with Crippen LogP contribution in [0.15, 0.2) is 83.8 Å². The van der Waals surface area contributed by atoms with Gasteiger partial charge in [0.05, 0.1) is 4.90 Å². The average Bonchev–Trinajstić information content (AvgIpc) is 2.73. The number of sulfonamides is 1. The topological polar surface area (TPSA) is 75.7 Å². The maximum absolute atomic E-state index is 12.6.